The fourth-order valence-electron chi connectivity index (χ4n) is 0.944. The van der Waals surface area contributed by atoms with E-state index in [1.165, 1.54) is 4.90 Å². The summed E-state index contributed by atoms with van der Waals surface area (Å²) in [5.74, 6) is 4.97. The number of pyridine rings is 1. The van der Waals surface area contributed by atoms with Crippen LogP contribution in [0.5, 0.6) is 0 Å². The van der Waals surface area contributed by atoms with Crippen LogP contribution in [0.25, 0.3) is 0 Å². The standard InChI is InChI=1S/C8H12N4O/c1-12(8(13)11-9)6-7-2-4-10-5-3-7/h2-5H,6,9H2,1H3,(H,11,13). The van der Waals surface area contributed by atoms with Gasteiger partial charge in [-0.05, 0) is 17.7 Å². The van der Waals surface area contributed by atoms with Crippen molar-refractivity contribution >= 4 is 6.03 Å². The highest BCUT2D eigenvalue weighted by Gasteiger charge is 2.05. The van der Waals surface area contributed by atoms with Crippen LogP contribution in [-0.2, 0) is 6.54 Å². The van der Waals surface area contributed by atoms with Gasteiger partial charge in [0.05, 0.1) is 0 Å². The summed E-state index contributed by atoms with van der Waals surface area (Å²) < 4.78 is 0. The van der Waals surface area contributed by atoms with Gasteiger partial charge in [0.25, 0.3) is 0 Å². The number of aromatic nitrogens is 1. The van der Waals surface area contributed by atoms with E-state index in [9.17, 15) is 4.79 Å². The molecule has 1 heterocycles. The first-order chi connectivity index (χ1) is 6.24. The summed E-state index contributed by atoms with van der Waals surface area (Å²) >= 11 is 0. The zero-order chi connectivity index (χ0) is 9.68. The minimum Gasteiger partial charge on any atom is -0.322 e. The van der Waals surface area contributed by atoms with Crippen molar-refractivity contribution in [1.29, 1.82) is 0 Å². The maximum absolute atomic E-state index is 11.0. The number of carbonyl (C=O) groups is 1. The van der Waals surface area contributed by atoms with E-state index in [1.807, 2.05) is 12.1 Å². The van der Waals surface area contributed by atoms with Crippen LogP contribution in [0.1, 0.15) is 5.56 Å². The molecule has 0 atom stereocenters. The van der Waals surface area contributed by atoms with E-state index in [2.05, 4.69) is 10.4 Å². The molecule has 0 aliphatic heterocycles. The molecule has 1 aromatic heterocycles. The van der Waals surface area contributed by atoms with Crippen LogP contribution < -0.4 is 11.3 Å². The van der Waals surface area contributed by atoms with Gasteiger partial charge in [0, 0.05) is 26.0 Å². The lowest BCUT2D eigenvalue weighted by Gasteiger charge is -2.15. The highest BCUT2D eigenvalue weighted by molar-refractivity contribution is 5.73. The molecule has 0 aliphatic carbocycles. The minimum atomic E-state index is -0.309. The van der Waals surface area contributed by atoms with E-state index in [0.29, 0.717) is 6.54 Å². The molecule has 0 saturated heterocycles. The molecule has 0 spiro atoms. The molecule has 13 heavy (non-hydrogen) atoms. The predicted molar refractivity (Wildman–Crippen MR) is 48.4 cm³/mol. The minimum absolute atomic E-state index is 0.309. The third kappa shape index (κ3) is 2.72. The average molecular weight is 180 g/mol. The average Bonchev–Trinajstić information content (AvgIpc) is 2.18. The van der Waals surface area contributed by atoms with Gasteiger partial charge in [-0.25, -0.2) is 10.6 Å². The fourth-order valence-corrected chi connectivity index (χ4v) is 0.944. The van der Waals surface area contributed by atoms with Gasteiger partial charge in [-0.15, -0.1) is 0 Å². The van der Waals surface area contributed by atoms with E-state index in [4.69, 9.17) is 5.84 Å². The number of nitrogens with zero attached hydrogens (tertiary/aromatic N) is 2. The third-order valence-electron chi connectivity index (χ3n) is 1.64. The lowest BCUT2D eigenvalue weighted by Crippen LogP contribution is -2.40. The number of urea groups is 1. The highest BCUT2D eigenvalue weighted by atomic mass is 16.2. The Balaban J connectivity index is 2.55. The van der Waals surface area contributed by atoms with Crippen LogP contribution in [-0.4, -0.2) is 23.0 Å². The Morgan fingerprint density at radius 2 is 2.23 bits per heavy atom. The van der Waals surface area contributed by atoms with Gasteiger partial charge in [0.2, 0.25) is 0 Å². The summed E-state index contributed by atoms with van der Waals surface area (Å²) in [5.41, 5.74) is 3.07. The van der Waals surface area contributed by atoms with Crippen LogP contribution in [0.2, 0.25) is 0 Å². The van der Waals surface area contributed by atoms with E-state index in [-0.39, 0.29) is 6.03 Å². The molecule has 3 N–H and O–H groups in total. The molecule has 0 unspecified atom stereocenters. The van der Waals surface area contributed by atoms with Crippen LogP contribution in [0.4, 0.5) is 4.79 Å². The lowest BCUT2D eigenvalue weighted by molar-refractivity contribution is 0.207. The van der Waals surface area contributed by atoms with Crippen molar-refractivity contribution in [2.75, 3.05) is 7.05 Å². The molecule has 0 aromatic carbocycles. The van der Waals surface area contributed by atoms with Crippen molar-refractivity contribution in [1.82, 2.24) is 15.3 Å². The quantitative estimate of drug-likeness (QED) is 0.385. The fraction of sp³-hybridized carbons (Fsp3) is 0.250. The van der Waals surface area contributed by atoms with Gasteiger partial charge in [0.1, 0.15) is 0 Å². The topological polar surface area (TPSA) is 71.2 Å². The number of hydrazine groups is 1. The van der Waals surface area contributed by atoms with E-state index in [1.54, 1.807) is 19.4 Å². The van der Waals surface area contributed by atoms with Gasteiger partial charge >= 0.3 is 6.03 Å². The second kappa shape index (κ2) is 4.42. The molecule has 5 heteroatoms. The van der Waals surface area contributed by atoms with Gasteiger partial charge < -0.3 is 4.90 Å². The SMILES string of the molecule is CN(Cc1ccncc1)C(=O)NN. The number of amides is 2. The van der Waals surface area contributed by atoms with E-state index >= 15 is 0 Å². The molecule has 1 aromatic rings. The third-order valence-corrected chi connectivity index (χ3v) is 1.64. The first-order valence-electron chi connectivity index (χ1n) is 3.84. The van der Waals surface area contributed by atoms with Gasteiger partial charge in [-0.2, -0.15) is 0 Å². The zero-order valence-corrected chi connectivity index (χ0v) is 7.40. The molecule has 5 nitrogen and oxygen atoms in total. The van der Waals surface area contributed by atoms with Crippen molar-refractivity contribution in [2.45, 2.75) is 6.54 Å². The second-order valence-electron chi connectivity index (χ2n) is 2.66. The van der Waals surface area contributed by atoms with Crippen molar-refractivity contribution in [3.05, 3.63) is 30.1 Å². The molecule has 0 radical (unpaired) electrons. The number of rotatable bonds is 2. The number of hydrogen-bond acceptors (Lipinski definition) is 3. The van der Waals surface area contributed by atoms with Crippen molar-refractivity contribution in [3.63, 3.8) is 0 Å². The first-order valence-corrected chi connectivity index (χ1v) is 3.84. The Morgan fingerprint density at radius 3 is 2.77 bits per heavy atom. The van der Waals surface area contributed by atoms with Crippen LogP contribution >= 0.6 is 0 Å². The normalized spacial score (nSPS) is 9.38. The van der Waals surface area contributed by atoms with Crippen LogP contribution in [0, 0.1) is 0 Å². The molecule has 2 amide bonds. The summed E-state index contributed by atoms with van der Waals surface area (Å²) in [5, 5.41) is 0. The van der Waals surface area contributed by atoms with Crippen molar-refractivity contribution in [2.24, 2.45) is 5.84 Å². The van der Waals surface area contributed by atoms with E-state index in [0.717, 1.165) is 5.56 Å². The first kappa shape index (κ1) is 9.47. The number of carbonyl (C=O) groups excluding carboxylic acids is 1. The van der Waals surface area contributed by atoms with Crippen LogP contribution in [0.3, 0.4) is 0 Å². The summed E-state index contributed by atoms with van der Waals surface area (Å²) in [6.07, 6.45) is 3.37. The highest BCUT2D eigenvalue weighted by Crippen LogP contribution is 2.00. The summed E-state index contributed by atoms with van der Waals surface area (Å²) in [6.45, 7) is 0.519. The maximum atomic E-state index is 11.0. The molecule has 0 fully saturated rings. The predicted octanol–water partition coefficient (Wildman–Crippen LogP) is 0.0967. The van der Waals surface area contributed by atoms with E-state index < -0.39 is 0 Å². The Labute approximate surface area is 76.5 Å². The second-order valence-corrected chi connectivity index (χ2v) is 2.66. The van der Waals surface area contributed by atoms with Crippen molar-refractivity contribution in [3.8, 4) is 0 Å². The molecular weight excluding hydrogens is 168 g/mol. The molecule has 70 valence electrons. The van der Waals surface area contributed by atoms with Crippen LogP contribution in [0.15, 0.2) is 24.5 Å². The Hall–Kier alpha value is -1.62. The van der Waals surface area contributed by atoms with Crippen molar-refractivity contribution < 1.29 is 4.79 Å². The molecule has 0 saturated carbocycles. The zero-order valence-electron chi connectivity index (χ0n) is 7.40. The summed E-state index contributed by atoms with van der Waals surface area (Å²) in [6, 6.07) is 3.39. The summed E-state index contributed by atoms with van der Waals surface area (Å²) in [7, 11) is 1.67. The molecular formula is C8H12N4O. The van der Waals surface area contributed by atoms with Gasteiger partial charge in [0.15, 0.2) is 0 Å². The summed E-state index contributed by atoms with van der Waals surface area (Å²) in [4.78, 5) is 16.3. The number of nitrogens with two attached hydrogens (primary N) is 1. The maximum Gasteiger partial charge on any atom is 0.331 e. The molecule has 1 rings (SSSR count). The smallest absolute Gasteiger partial charge is 0.322 e. The van der Waals surface area contributed by atoms with Gasteiger partial charge in [-0.1, -0.05) is 0 Å². The monoisotopic (exact) mass is 180 g/mol. The molecule has 0 bridgehead atoms. The lowest BCUT2D eigenvalue weighted by atomic mass is 10.2. The molecule has 0 aliphatic rings. The Bertz CT molecular complexity index is 275. The Morgan fingerprint density at radius 1 is 1.62 bits per heavy atom. The largest absolute Gasteiger partial charge is 0.331 e. The number of hydrogen-bond donors (Lipinski definition) is 2. The van der Waals surface area contributed by atoms with Gasteiger partial charge in [-0.3, -0.25) is 10.4 Å². The number of nitrogens with one attached hydrogen (secondary N) is 1. The Kier molecular flexibility index (Phi) is 3.22.